The zero-order chi connectivity index (χ0) is 19.1. The van der Waals surface area contributed by atoms with E-state index in [0.29, 0.717) is 24.0 Å². The number of anilines is 1. The van der Waals surface area contributed by atoms with Gasteiger partial charge in [-0.2, -0.15) is 5.26 Å². The highest BCUT2D eigenvalue weighted by Crippen LogP contribution is 2.36. The molecule has 0 bridgehead atoms. The Hall–Kier alpha value is -1.80. The molecule has 0 unspecified atom stereocenters. The summed E-state index contributed by atoms with van der Waals surface area (Å²) in [5, 5.41) is 12.8. The standard InChI is InChI=1S/C21H34N4O/c1-5-12-24(13-6-2)15-20(26)23-21-19(14-22)16(3)17(4)25(21)18-10-8-7-9-11-18/h18H,5-13,15H2,1-4H3,(H,23,26). The van der Waals surface area contributed by atoms with Crippen LogP contribution in [0, 0.1) is 25.2 Å². The minimum Gasteiger partial charge on any atom is -0.327 e. The van der Waals surface area contributed by atoms with Crippen molar-refractivity contribution in [2.75, 3.05) is 25.0 Å². The molecule has 1 N–H and O–H groups in total. The van der Waals surface area contributed by atoms with Gasteiger partial charge in [0.25, 0.3) is 0 Å². The average Bonchev–Trinajstić information content (AvgIpc) is 2.86. The molecule has 0 saturated heterocycles. The van der Waals surface area contributed by atoms with Gasteiger partial charge < -0.3 is 9.88 Å². The lowest BCUT2D eigenvalue weighted by Gasteiger charge is -2.27. The molecule has 0 radical (unpaired) electrons. The Morgan fingerprint density at radius 1 is 1.19 bits per heavy atom. The van der Waals surface area contributed by atoms with E-state index in [-0.39, 0.29) is 5.91 Å². The molecule has 0 aromatic carbocycles. The zero-order valence-electron chi connectivity index (χ0n) is 16.9. The average molecular weight is 359 g/mol. The first kappa shape index (κ1) is 20.5. The van der Waals surface area contributed by atoms with Crippen molar-refractivity contribution in [1.82, 2.24) is 9.47 Å². The largest absolute Gasteiger partial charge is 0.327 e. The van der Waals surface area contributed by atoms with Crippen LogP contribution in [-0.4, -0.2) is 35.0 Å². The fraction of sp³-hybridized carbons (Fsp3) is 0.714. The zero-order valence-corrected chi connectivity index (χ0v) is 16.9. The maximum atomic E-state index is 12.7. The Morgan fingerprint density at radius 2 is 1.81 bits per heavy atom. The molecule has 5 nitrogen and oxygen atoms in total. The minimum atomic E-state index is -0.0158. The van der Waals surface area contributed by atoms with Gasteiger partial charge in [-0.25, -0.2) is 0 Å². The van der Waals surface area contributed by atoms with Crippen LogP contribution in [-0.2, 0) is 4.79 Å². The van der Waals surface area contributed by atoms with Gasteiger partial charge in [0.05, 0.1) is 12.1 Å². The van der Waals surface area contributed by atoms with Gasteiger partial charge in [-0.1, -0.05) is 33.1 Å². The molecule has 1 amide bonds. The summed E-state index contributed by atoms with van der Waals surface area (Å²) in [7, 11) is 0. The van der Waals surface area contributed by atoms with Crippen LogP contribution < -0.4 is 5.32 Å². The summed E-state index contributed by atoms with van der Waals surface area (Å²) in [6.45, 7) is 10.6. The molecule has 1 heterocycles. The second-order valence-corrected chi connectivity index (χ2v) is 7.53. The molecule has 0 aliphatic heterocycles. The summed E-state index contributed by atoms with van der Waals surface area (Å²) >= 11 is 0. The van der Waals surface area contributed by atoms with E-state index in [1.165, 1.54) is 19.3 Å². The van der Waals surface area contributed by atoms with Gasteiger partial charge in [0, 0.05) is 11.7 Å². The molecule has 1 aromatic heterocycles. The van der Waals surface area contributed by atoms with Crippen LogP contribution in [0.15, 0.2) is 0 Å². The van der Waals surface area contributed by atoms with Crippen LogP contribution in [0.2, 0.25) is 0 Å². The Kier molecular flexibility index (Phi) is 7.71. The van der Waals surface area contributed by atoms with Crippen LogP contribution in [0.5, 0.6) is 0 Å². The van der Waals surface area contributed by atoms with Gasteiger partial charge in [0.2, 0.25) is 5.91 Å². The Balaban J connectivity index is 2.25. The van der Waals surface area contributed by atoms with Crippen molar-refractivity contribution in [3.05, 3.63) is 16.8 Å². The van der Waals surface area contributed by atoms with Crippen LogP contribution in [0.3, 0.4) is 0 Å². The summed E-state index contributed by atoms with van der Waals surface area (Å²) in [4.78, 5) is 14.9. The van der Waals surface area contributed by atoms with E-state index in [4.69, 9.17) is 0 Å². The Morgan fingerprint density at radius 3 is 2.35 bits per heavy atom. The number of carbonyl (C=O) groups is 1. The van der Waals surface area contributed by atoms with Crippen LogP contribution >= 0.6 is 0 Å². The molecule has 0 spiro atoms. The summed E-state index contributed by atoms with van der Waals surface area (Å²) in [5.41, 5.74) is 2.73. The maximum Gasteiger partial charge on any atom is 0.239 e. The highest BCUT2D eigenvalue weighted by atomic mass is 16.2. The van der Waals surface area contributed by atoms with E-state index in [1.807, 2.05) is 6.92 Å². The van der Waals surface area contributed by atoms with Crippen molar-refractivity contribution in [2.24, 2.45) is 0 Å². The SMILES string of the molecule is CCCN(CCC)CC(=O)Nc1c(C#N)c(C)c(C)n1C1CCCCC1. The van der Waals surface area contributed by atoms with E-state index < -0.39 is 0 Å². The van der Waals surface area contributed by atoms with Crippen LogP contribution in [0.25, 0.3) is 0 Å². The molecule has 1 aliphatic carbocycles. The molecule has 1 aromatic rings. The molecular formula is C21H34N4O. The van der Waals surface area contributed by atoms with Crippen molar-refractivity contribution in [2.45, 2.75) is 78.7 Å². The predicted octanol–water partition coefficient (Wildman–Crippen LogP) is 4.54. The number of carbonyl (C=O) groups excluding carboxylic acids is 1. The van der Waals surface area contributed by atoms with Gasteiger partial charge in [-0.15, -0.1) is 0 Å². The third kappa shape index (κ3) is 4.67. The molecule has 2 rings (SSSR count). The lowest BCUT2D eigenvalue weighted by molar-refractivity contribution is -0.117. The lowest BCUT2D eigenvalue weighted by atomic mass is 9.95. The van der Waals surface area contributed by atoms with Gasteiger partial charge in [0.15, 0.2) is 0 Å². The van der Waals surface area contributed by atoms with E-state index in [9.17, 15) is 10.1 Å². The number of aromatic nitrogens is 1. The number of rotatable bonds is 8. The number of nitriles is 1. The Bertz CT molecular complexity index is 644. The molecular weight excluding hydrogens is 324 g/mol. The van der Waals surface area contributed by atoms with Crippen LogP contribution in [0.4, 0.5) is 5.82 Å². The van der Waals surface area contributed by atoms with Crippen molar-refractivity contribution in [3.8, 4) is 6.07 Å². The van der Waals surface area contributed by atoms with Gasteiger partial charge in [0.1, 0.15) is 11.9 Å². The van der Waals surface area contributed by atoms with Crippen LogP contribution in [0.1, 0.15) is 81.7 Å². The minimum absolute atomic E-state index is 0.0158. The number of hydrogen-bond acceptors (Lipinski definition) is 3. The first-order valence-corrected chi connectivity index (χ1v) is 10.2. The van der Waals surface area contributed by atoms with E-state index in [1.54, 1.807) is 0 Å². The monoisotopic (exact) mass is 358 g/mol. The molecule has 1 aliphatic rings. The topological polar surface area (TPSA) is 61.1 Å². The first-order valence-electron chi connectivity index (χ1n) is 10.2. The Labute approximate surface area is 158 Å². The van der Waals surface area contributed by atoms with E-state index in [0.717, 1.165) is 50.0 Å². The summed E-state index contributed by atoms with van der Waals surface area (Å²) in [6.07, 6.45) is 8.04. The van der Waals surface area contributed by atoms with Crippen molar-refractivity contribution >= 4 is 11.7 Å². The summed E-state index contributed by atoms with van der Waals surface area (Å²) < 4.78 is 2.23. The predicted molar refractivity (Wildman–Crippen MR) is 106 cm³/mol. The van der Waals surface area contributed by atoms with Crippen molar-refractivity contribution < 1.29 is 4.79 Å². The normalized spacial score (nSPS) is 15.2. The first-order chi connectivity index (χ1) is 12.5. The lowest BCUT2D eigenvalue weighted by Crippen LogP contribution is -2.35. The van der Waals surface area contributed by atoms with E-state index >= 15 is 0 Å². The summed E-state index contributed by atoms with van der Waals surface area (Å²) in [6, 6.07) is 2.71. The second kappa shape index (κ2) is 9.78. The van der Waals surface area contributed by atoms with Gasteiger partial charge >= 0.3 is 0 Å². The van der Waals surface area contributed by atoms with Gasteiger partial charge in [-0.05, 0) is 58.2 Å². The van der Waals surface area contributed by atoms with Crippen molar-refractivity contribution in [1.29, 1.82) is 5.26 Å². The quantitative estimate of drug-likeness (QED) is 0.742. The molecule has 0 atom stereocenters. The highest BCUT2D eigenvalue weighted by Gasteiger charge is 2.26. The second-order valence-electron chi connectivity index (χ2n) is 7.53. The highest BCUT2D eigenvalue weighted by molar-refractivity contribution is 5.93. The third-order valence-corrected chi connectivity index (χ3v) is 5.51. The molecule has 1 saturated carbocycles. The van der Waals surface area contributed by atoms with E-state index in [2.05, 4.69) is 41.6 Å². The fourth-order valence-electron chi connectivity index (χ4n) is 4.16. The number of amides is 1. The maximum absolute atomic E-state index is 12.7. The third-order valence-electron chi connectivity index (χ3n) is 5.51. The number of hydrogen-bond donors (Lipinski definition) is 1. The van der Waals surface area contributed by atoms with Crippen molar-refractivity contribution in [3.63, 3.8) is 0 Å². The number of nitrogens with zero attached hydrogens (tertiary/aromatic N) is 3. The smallest absolute Gasteiger partial charge is 0.239 e. The molecule has 5 heteroatoms. The number of nitrogens with one attached hydrogen (secondary N) is 1. The fourth-order valence-corrected chi connectivity index (χ4v) is 4.16. The molecule has 1 fully saturated rings. The van der Waals surface area contributed by atoms with Gasteiger partial charge in [-0.3, -0.25) is 9.69 Å². The molecule has 26 heavy (non-hydrogen) atoms. The molecule has 144 valence electrons. The summed E-state index contributed by atoms with van der Waals surface area (Å²) in [5.74, 6) is 0.699.